The molecule has 4 nitrogen and oxygen atoms in total. The summed E-state index contributed by atoms with van der Waals surface area (Å²) in [5.74, 6) is -0.0784. The first-order valence-electron chi connectivity index (χ1n) is 6.07. The highest BCUT2D eigenvalue weighted by molar-refractivity contribution is 5.81. The van der Waals surface area contributed by atoms with Gasteiger partial charge in [0.05, 0.1) is 19.3 Å². The van der Waals surface area contributed by atoms with Crippen molar-refractivity contribution in [2.75, 3.05) is 32.8 Å². The highest BCUT2D eigenvalue weighted by Gasteiger charge is 2.26. The minimum absolute atomic E-state index is 0.00969. The van der Waals surface area contributed by atoms with Gasteiger partial charge in [0.25, 0.3) is 0 Å². The predicted octanol–water partition coefficient (Wildman–Crippen LogP) is 1.17. The van der Waals surface area contributed by atoms with Crippen LogP contribution in [0.1, 0.15) is 19.8 Å². The summed E-state index contributed by atoms with van der Waals surface area (Å²) >= 11 is 0. The third-order valence-corrected chi connectivity index (χ3v) is 2.78. The maximum absolute atomic E-state index is 11.9. The molecular formula is C11H19F3N2O2. The number of alkyl halides is 3. The lowest BCUT2D eigenvalue weighted by Crippen LogP contribution is -2.49. The molecule has 0 radical (unpaired) electrons. The molecule has 1 saturated heterocycles. The Labute approximate surface area is 104 Å². The van der Waals surface area contributed by atoms with Gasteiger partial charge in [-0.3, -0.25) is 4.79 Å². The number of hydrogen-bond donors (Lipinski definition) is 1. The van der Waals surface area contributed by atoms with E-state index in [0.717, 1.165) is 0 Å². The molecule has 1 atom stereocenters. The first-order chi connectivity index (χ1) is 8.40. The molecule has 18 heavy (non-hydrogen) atoms. The number of rotatable bonds is 5. The Hall–Kier alpha value is -0.820. The van der Waals surface area contributed by atoms with Crippen LogP contribution in [0, 0.1) is 0 Å². The number of amides is 1. The molecule has 0 spiro atoms. The molecule has 1 unspecified atom stereocenters. The third kappa shape index (κ3) is 5.68. The predicted molar refractivity (Wildman–Crippen MR) is 60.2 cm³/mol. The fourth-order valence-electron chi connectivity index (χ4n) is 1.75. The number of morpholine rings is 1. The lowest BCUT2D eigenvalue weighted by atomic mass is 10.2. The van der Waals surface area contributed by atoms with Crippen LogP contribution >= 0.6 is 0 Å². The van der Waals surface area contributed by atoms with E-state index >= 15 is 0 Å². The number of carbonyl (C=O) groups is 1. The van der Waals surface area contributed by atoms with Crippen molar-refractivity contribution in [2.24, 2.45) is 0 Å². The van der Waals surface area contributed by atoms with E-state index in [1.165, 1.54) is 0 Å². The Morgan fingerprint density at radius 2 is 2.00 bits per heavy atom. The van der Waals surface area contributed by atoms with Gasteiger partial charge in [0.1, 0.15) is 0 Å². The van der Waals surface area contributed by atoms with E-state index in [4.69, 9.17) is 4.74 Å². The SMILES string of the molecule is CC(NCCCC(F)(F)F)C(=O)N1CCOCC1. The number of halogens is 3. The van der Waals surface area contributed by atoms with Crippen molar-refractivity contribution in [2.45, 2.75) is 32.0 Å². The molecule has 1 rings (SSSR count). The van der Waals surface area contributed by atoms with Crippen LogP contribution in [-0.4, -0.2) is 55.9 Å². The van der Waals surface area contributed by atoms with E-state index in [0.29, 0.717) is 26.3 Å². The number of hydrogen-bond acceptors (Lipinski definition) is 3. The van der Waals surface area contributed by atoms with Gasteiger partial charge in [0.15, 0.2) is 0 Å². The molecule has 0 aromatic rings. The van der Waals surface area contributed by atoms with Crippen LogP contribution in [0.2, 0.25) is 0 Å². The highest BCUT2D eigenvalue weighted by atomic mass is 19.4. The van der Waals surface area contributed by atoms with Gasteiger partial charge in [-0.1, -0.05) is 0 Å². The molecule has 7 heteroatoms. The van der Waals surface area contributed by atoms with Gasteiger partial charge in [-0.05, 0) is 19.9 Å². The summed E-state index contributed by atoms with van der Waals surface area (Å²) in [7, 11) is 0. The normalized spacial score (nSPS) is 18.8. The molecule has 0 saturated carbocycles. The standard InChI is InChI=1S/C11H19F3N2O2/c1-9(15-4-2-3-11(12,13)14)10(17)16-5-7-18-8-6-16/h9,15H,2-8H2,1H3. The first-order valence-corrected chi connectivity index (χ1v) is 6.07. The van der Waals surface area contributed by atoms with Gasteiger partial charge >= 0.3 is 6.18 Å². The Bertz CT molecular complexity index is 266. The van der Waals surface area contributed by atoms with Gasteiger partial charge in [-0.2, -0.15) is 13.2 Å². The summed E-state index contributed by atoms with van der Waals surface area (Å²) in [5.41, 5.74) is 0. The van der Waals surface area contributed by atoms with Crippen LogP contribution in [0.4, 0.5) is 13.2 Å². The van der Waals surface area contributed by atoms with E-state index in [-0.39, 0.29) is 18.9 Å². The molecule has 0 aliphatic carbocycles. The van der Waals surface area contributed by atoms with Gasteiger partial charge in [0.2, 0.25) is 5.91 Å². The average molecular weight is 268 g/mol. The Morgan fingerprint density at radius 3 is 2.56 bits per heavy atom. The lowest BCUT2D eigenvalue weighted by Gasteiger charge is -2.29. The number of carbonyl (C=O) groups excluding carboxylic acids is 1. The van der Waals surface area contributed by atoms with Crippen LogP contribution < -0.4 is 5.32 Å². The van der Waals surface area contributed by atoms with Crippen molar-refractivity contribution < 1.29 is 22.7 Å². The molecule has 0 aromatic carbocycles. The van der Waals surface area contributed by atoms with Crippen LogP contribution in [0.3, 0.4) is 0 Å². The maximum atomic E-state index is 11.9. The molecule has 1 heterocycles. The summed E-state index contributed by atoms with van der Waals surface area (Å²) in [6.45, 7) is 4.00. The Balaban J connectivity index is 2.19. The van der Waals surface area contributed by atoms with Crippen LogP contribution in [-0.2, 0) is 9.53 Å². The second kappa shape index (κ2) is 6.94. The van der Waals surface area contributed by atoms with E-state index < -0.39 is 18.6 Å². The Kier molecular flexibility index (Phi) is 5.87. The van der Waals surface area contributed by atoms with Gasteiger partial charge < -0.3 is 15.0 Å². The van der Waals surface area contributed by atoms with Crippen molar-refractivity contribution >= 4 is 5.91 Å². The second-order valence-electron chi connectivity index (χ2n) is 4.33. The smallest absolute Gasteiger partial charge is 0.378 e. The monoisotopic (exact) mass is 268 g/mol. The highest BCUT2D eigenvalue weighted by Crippen LogP contribution is 2.20. The largest absolute Gasteiger partial charge is 0.389 e. The van der Waals surface area contributed by atoms with Crippen molar-refractivity contribution in [3.05, 3.63) is 0 Å². The summed E-state index contributed by atoms with van der Waals surface area (Å²) in [6, 6.07) is -0.448. The number of nitrogens with one attached hydrogen (secondary N) is 1. The van der Waals surface area contributed by atoms with Crippen LogP contribution in [0.25, 0.3) is 0 Å². The lowest BCUT2D eigenvalue weighted by molar-refractivity contribution is -0.137. The molecule has 1 fully saturated rings. The summed E-state index contributed by atoms with van der Waals surface area (Å²) < 4.78 is 40.9. The minimum Gasteiger partial charge on any atom is -0.378 e. The summed E-state index contributed by atoms with van der Waals surface area (Å²) in [5, 5.41) is 2.82. The van der Waals surface area contributed by atoms with E-state index in [1.54, 1.807) is 11.8 Å². The molecule has 1 aliphatic rings. The molecule has 0 bridgehead atoms. The fraction of sp³-hybridized carbons (Fsp3) is 0.909. The van der Waals surface area contributed by atoms with Crippen LogP contribution in [0.15, 0.2) is 0 Å². The van der Waals surface area contributed by atoms with Gasteiger partial charge in [0, 0.05) is 19.5 Å². The van der Waals surface area contributed by atoms with Crippen LogP contribution in [0.5, 0.6) is 0 Å². The average Bonchev–Trinajstić information content (AvgIpc) is 2.33. The van der Waals surface area contributed by atoms with Crippen molar-refractivity contribution in [1.29, 1.82) is 0 Å². The molecular weight excluding hydrogens is 249 g/mol. The van der Waals surface area contributed by atoms with E-state index in [9.17, 15) is 18.0 Å². The number of nitrogens with zero attached hydrogens (tertiary/aromatic N) is 1. The molecule has 1 amide bonds. The van der Waals surface area contributed by atoms with E-state index in [2.05, 4.69) is 5.32 Å². The topological polar surface area (TPSA) is 41.6 Å². The second-order valence-corrected chi connectivity index (χ2v) is 4.33. The number of ether oxygens (including phenoxy) is 1. The first kappa shape index (κ1) is 15.2. The molecule has 1 aliphatic heterocycles. The molecule has 1 N–H and O–H groups in total. The molecule has 106 valence electrons. The van der Waals surface area contributed by atoms with E-state index in [1.807, 2.05) is 0 Å². The van der Waals surface area contributed by atoms with Gasteiger partial charge in [-0.15, -0.1) is 0 Å². The summed E-state index contributed by atoms with van der Waals surface area (Å²) in [4.78, 5) is 13.5. The fourth-order valence-corrected chi connectivity index (χ4v) is 1.75. The maximum Gasteiger partial charge on any atom is 0.389 e. The van der Waals surface area contributed by atoms with Crippen molar-refractivity contribution in [3.8, 4) is 0 Å². The zero-order valence-corrected chi connectivity index (χ0v) is 10.4. The Morgan fingerprint density at radius 1 is 1.39 bits per heavy atom. The third-order valence-electron chi connectivity index (χ3n) is 2.78. The summed E-state index contributed by atoms with van der Waals surface area (Å²) in [6.07, 6.45) is -4.96. The zero-order valence-electron chi connectivity index (χ0n) is 10.4. The minimum atomic E-state index is -4.13. The van der Waals surface area contributed by atoms with Gasteiger partial charge in [-0.25, -0.2) is 0 Å². The quantitative estimate of drug-likeness (QED) is 0.761. The van der Waals surface area contributed by atoms with Crippen molar-refractivity contribution in [3.63, 3.8) is 0 Å². The zero-order chi connectivity index (χ0) is 13.6. The molecule has 0 aromatic heterocycles. The van der Waals surface area contributed by atoms with Crippen molar-refractivity contribution in [1.82, 2.24) is 10.2 Å².